The Hall–Kier alpha value is -3.76. The van der Waals surface area contributed by atoms with Gasteiger partial charge in [-0.1, -0.05) is 6.07 Å². The number of allylic oxidation sites excluding steroid dienone is 2. The molecule has 7 heteroatoms. The largest absolute Gasteiger partial charge is 0.396 e. The maximum absolute atomic E-state index is 11.9. The minimum absolute atomic E-state index is 0.0170. The third-order valence-electron chi connectivity index (χ3n) is 3.51. The summed E-state index contributed by atoms with van der Waals surface area (Å²) in [6.07, 6.45) is 1.47. The van der Waals surface area contributed by atoms with E-state index in [2.05, 4.69) is 0 Å². The Labute approximate surface area is 132 Å². The second kappa shape index (κ2) is 5.93. The maximum atomic E-state index is 11.9. The lowest BCUT2D eigenvalue weighted by molar-refractivity contribution is 0.795. The molecule has 112 valence electrons. The van der Waals surface area contributed by atoms with Crippen LogP contribution in [-0.4, -0.2) is 9.13 Å². The normalized spacial score (nSPS) is 10.7. The molecule has 0 radical (unpaired) electrons. The monoisotopic (exact) mass is 304 g/mol. The van der Waals surface area contributed by atoms with Crippen LogP contribution in [0.1, 0.15) is 5.56 Å². The van der Waals surface area contributed by atoms with Crippen LogP contribution in [0.15, 0.2) is 39.8 Å². The lowest BCUT2D eigenvalue weighted by Crippen LogP contribution is -2.19. The van der Waals surface area contributed by atoms with Crippen molar-refractivity contribution in [3.8, 4) is 18.2 Å². The molecule has 0 saturated heterocycles. The average Bonchev–Trinajstić information content (AvgIpc) is 2.78. The number of hydrogen-bond acceptors (Lipinski definition) is 5. The molecule has 0 unspecified atom stereocenters. The van der Waals surface area contributed by atoms with Crippen LogP contribution in [0, 0.1) is 34.0 Å². The van der Waals surface area contributed by atoms with Crippen LogP contribution in [0.2, 0.25) is 0 Å². The lowest BCUT2D eigenvalue weighted by atomic mass is 10.1. The van der Waals surface area contributed by atoms with Gasteiger partial charge in [0.1, 0.15) is 18.2 Å². The smallest absolute Gasteiger partial charge is 0.328 e. The van der Waals surface area contributed by atoms with Gasteiger partial charge < -0.3 is 5.73 Å². The van der Waals surface area contributed by atoms with E-state index < -0.39 is 0 Å². The number of benzene rings is 1. The van der Waals surface area contributed by atoms with Gasteiger partial charge >= 0.3 is 5.69 Å². The first-order valence-corrected chi connectivity index (χ1v) is 6.52. The number of nitriles is 3. The number of nitrogens with two attached hydrogens (primary N) is 1. The third kappa shape index (κ3) is 2.57. The van der Waals surface area contributed by atoms with Crippen molar-refractivity contribution >= 4 is 17.1 Å². The molecule has 0 spiro atoms. The predicted octanol–water partition coefficient (Wildman–Crippen LogP) is 1.04. The SMILES string of the molecule is Cn1c(=O)n(C)c2cc(/C=C(\C#N)C(N)=C(C#N)C#N)ccc21. The molecule has 2 N–H and O–H groups in total. The number of aryl methyl sites for hydroxylation is 2. The van der Waals surface area contributed by atoms with Gasteiger partial charge in [0.2, 0.25) is 0 Å². The molecule has 2 rings (SSSR count). The minimum atomic E-state index is -0.314. The molecule has 23 heavy (non-hydrogen) atoms. The topological polar surface area (TPSA) is 124 Å². The van der Waals surface area contributed by atoms with Gasteiger partial charge in [0.15, 0.2) is 5.57 Å². The Morgan fingerprint density at radius 2 is 1.70 bits per heavy atom. The highest BCUT2D eigenvalue weighted by Gasteiger charge is 2.10. The van der Waals surface area contributed by atoms with Crippen LogP contribution >= 0.6 is 0 Å². The fraction of sp³-hybridized carbons (Fsp3) is 0.125. The number of imidazole rings is 1. The second-order valence-corrected chi connectivity index (χ2v) is 4.83. The number of aromatic nitrogens is 2. The lowest BCUT2D eigenvalue weighted by Gasteiger charge is -2.01. The summed E-state index contributed by atoms with van der Waals surface area (Å²) in [5.74, 6) is 0. The van der Waals surface area contributed by atoms with Gasteiger partial charge in [0, 0.05) is 14.1 Å². The van der Waals surface area contributed by atoms with E-state index in [-0.39, 0.29) is 22.5 Å². The van der Waals surface area contributed by atoms with Crippen molar-refractivity contribution in [2.45, 2.75) is 0 Å². The van der Waals surface area contributed by atoms with Crippen LogP contribution in [0.5, 0.6) is 0 Å². The van der Waals surface area contributed by atoms with Gasteiger partial charge in [-0.05, 0) is 23.8 Å². The molecular weight excluding hydrogens is 292 g/mol. The Kier molecular flexibility index (Phi) is 4.03. The first-order chi connectivity index (χ1) is 10.9. The van der Waals surface area contributed by atoms with E-state index in [0.717, 1.165) is 5.52 Å². The fourth-order valence-electron chi connectivity index (χ4n) is 2.23. The molecule has 0 fully saturated rings. The van der Waals surface area contributed by atoms with Crippen LogP contribution < -0.4 is 11.4 Å². The molecule has 0 atom stereocenters. The first-order valence-electron chi connectivity index (χ1n) is 6.52. The summed E-state index contributed by atoms with van der Waals surface area (Å²) in [6, 6.07) is 10.4. The minimum Gasteiger partial charge on any atom is -0.396 e. The molecule has 2 aromatic rings. The van der Waals surface area contributed by atoms with Crippen molar-refractivity contribution in [2.24, 2.45) is 19.8 Å². The summed E-state index contributed by atoms with van der Waals surface area (Å²) in [5, 5.41) is 26.9. The third-order valence-corrected chi connectivity index (χ3v) is 3.51. The van der Waals surface area contributed by atoms with Gasteiger partial charge in [-0.15, -0.1) is 0 Å². The zero-order valence-corrected chi connectivity index (χ0v) is 12.5. The standard InChI is InChI=1S/C16H12N6O/c1-21-13-4-3-10(6-14(13)22(2)16(21)23)5-11(7-17)15(20)12(8-18)9-19/h3-6H,20H2,1-2H3/b11-5+. The average molecular weight is 304 g/mol. The number of rotatable bonds is 2. The van der Waals surface area contributed by atoms with E-state index in [9.17, 15) is 10.1 Å². The highest BCUT2D eigenvalue weighted by atomic mass is 16.1. The number of nitrogens with zero attached hydrogens (tertiary/aromatic N) is 5. The van der Waals surface area contributed by atoms with Crippen molar-refractivity contribution < 1.29 is 0 Å². The Morgan fingerprint density at radius 1 is 1.09 bits per heavy atom. The van der Waals surface area contributed by atoms with Gasteiger partial charge in [0.25, 0.3) is 0 Å². The van der Waals surface area contributed by atoms with E-state index in [1.807, 2.05) is 6.07 Å². The summed E-state index contributed by atoms with van der Waals surface area (Å²) >= 11 is 0. The zero-order chi connectivity index (χ0) is 17.1. The maximum Gasteiger partial charge on any atom is 0.328 e. The highest BCUT2D eigenvalue weighted by molar-refractivity contribution is 5.80. The van der Waals surface area contributed by atoms with E-state index >= 15 is 0 Å². The molecule has 1 aromatic heterocycles. The molecule has 0 aliphatic carbocycles. The van der Waals surface area contributed by atoms with Crippen molar-refractivity contribution in [1.29, 1.82) is 15.8 Å². The summed E-state index contributed by atoms with van der Waals surface area (Å²) in [6.45, 7) is 0. The predicted molar refractivity (Wildman–Crippen MR) is 84.2 cm³/mol. The van der Waals surface area contributed by atoms with Crippen LogP contribution in [-0.2, 0) is 14.1 Å². The van der Waals surface area contributed by atoms with Crippen LogP contribution in [0.4, 0.5) is 0 Å². The summed E-state index contributed by atoms with van der Waals surface area (Å²) in [5.41, 5.74) is 7.17. The molecule has 0 saturated carbocycles. The molecule has 1 heterocycles. The Bertz CT molecular complexity index is 1030. The van der Waals surface area contributed by atoms with E-state index in [4.69, 9.17) is 16.3 Å². The summed E-state index contributed by atoms with van der Waals surface area (Å²) in [4.78, 5) is 11.9. The molecular formula is C16H12N6O. The molecule has 0 aliphatic heterocycles. The van der Waals surface area contributed by atoms with Crippen molar-refractivity contribution in [3.05, 3.63) is 51.1 Å². The zero-order valence-electron chi connectivity index (χ0n) is 12.5. The molecule has 0 bridgehead atoms. The van der Waals surface area contributed by atoms with Crippen LogP contribution in [0.25, 0.3) is 17.1 Å². The van der Waals surface area contributed by atoms with Crippen molar-refractivity contribution in [3.63, 3.8) is 0 Å². The molecule has 0 aliphatic rings. The molecule has 7 nitrogen and oxygen atoms in total. The van der Waals surface area contributed by atoms with Gasteiger partial charge in [-0.2, -0.15) is 15.8 Å². The quantitative estimate of drug-likeness (QED) is 0.655. The Morgan fingerprint density at radius 3 is 2.26 bits per heavy atom. The molecule has 0 amide bonds. The van der Waals surface area contributed by atoms with Crippen LogP contribution in [0.3, 0.4) is 0 Å². The van der Waals surface area contributed by atoms with Gasteiger partial charge in [0.05, 0.1) is 22.3 Å². The Balaban J connectivity index is 2.66. The number of fused-ring (bicyclic) bond motifs is 1. The summed E-state index contributed by atoms with van der Waals surface area (Å²) < 4.78 is 3.01. The summed E-state index contributed by atoms with van der Waals surface area (Å²) in [7, 11) is 3.33. The van der Waals surface area contributed by atoms with Crippen molar-refractivity contribution in [1.82, 2.24) is 9.13 Å². The van der Waals surface area contributed by atoms with E-state index in [1.165, 1.54) is 15.2 Å². The number of hydrogen-bond donors (Lipinski definition) is 1. The molecule has 1 aromatic carbocycles. The van der Waals surface area contributed by atoms with Gasteiger partial charge in [-0.25, -0.2) is 4.79 Å². The highest BCUT2D eigenvalue weighted by Crippen LogP contribution is 2.18. The van der Waals surface area contributed by atoms with Crippen molar-refractivity contribution in [2.75, 3.05) is 0 Å². The van der Waals surface area contributed by atoms with Gasteiger partial charge in [-0.3, -0.25) is 9.13 Å². The van der Waals surface area contributed by atoms with E-state index in [1.54, 1.807) is 44.4 Å². The fourth-order valence-corrected chi connectivity index (χ4v) is 2.23. The first kappa shape index (κ1) is 15.6. The second-order valence-electron chi connectivity index (χ2n) is 4.83. The van der Waals surface area contributed by atoms with E-state index in [0.29, 0.717) is 11.1 Å².